The van der Waals surface area contributed by atoms with E-state index < -0.39 is 84.1 Å². The van der Waals surface area contributed by atoms with Crippen LogP contribution in [0.1, 0.15) is 52.0 Å². The second-order valence-electron chi connectivity index (χ2n) is 14.0. The van der Waals surface area contributed by atoms with E-state index in [1.165, 1.54) is 20.9 Å². The average molecular weight is 781 g/mol. The number of hydrogen-bond acceptors (Lipinski definition) is 12. The molecule has 18 nitrogen and oxygen atoms in total. The summed E-state index contributed by atoms with van der Waals surface area (Å²) in [6.07, 6.45) is -4.79. The van der Waals surface area contributed by atoms with Gasteiger partial charge in [0.05, 0.1) is 12.6 Å². The fraction of sp³-hybridized carbons (Fsp3) is 0.421. The molecule has 56 heavy (non-hydrogen) atoms. The molecular weight excluding hydrogens is 732 g/mol. The van der Waals surface area contributed by atoms with Gasteiger partial charge in [0.25, 0.3) is 5.56 Å². The molecule has 1 fully saturated rings. The maximum atomic E-state index is 13.7. The van der Waals surface area contributed by atoms with Gasteiger partial charge in [0.2, 0.25) is 18.0 Å². The molecule has 0 saturated carbocycles. The van der Waals surface area contributed by atoms with Crippen LogP contribution >= 0.6 is 0 Å². The van der Waals surface area contributed by atoms with E-state index in [4.69, 9.17) is 18.9 Å². The summed E-state index contributed by atoms with van der Waals surface area (Å²) in [7, 11) is 1.37. The van der Waals surface area contributed by atoms with Crippen molar-refractivity contribution in [1.82, 2.24) is 30.0 Å². The number of nitrogens with zero attached hydrogens (tertiary/aromatic N) is 3. The van der Waals surface area contributed by atoms with E-state index in [1.54, 1.807) is 45.0 Å². The first kappa shape index (κ1) is 42.8. The Morgan fingerprint density at radius 1 is 0.911 bits per heavy atom. The van der Waals surface area contributed by atoms with Gasteiger partial charge >= 0.3 is 17.9 Å². The molecule has 0 unspecified atom stereocenters. The van der Waals surface area contributed by atoms with E-state index in [1.807, 2.05) is 36.4 Å². The molecule has 1 saturated heterocycles. The van der Waals surface area contributed by atoms with Gasteiger partial charge in [-0.25, -0.2) is 19.0 Å². The van der Waals surface area contributed by atoms with Crippen LogP contribution in [0.5, 0.6) is 0 Å². The third-order valence-electron chi connectivity index (χ3n) is 8.54. The molecule has 1 aliphatic heterocycles. The third kappa shape index (κ3) is 11.5. The largest absolute Gasteiger partial charge is 0.467 e. The van der Waals surface area contributed by atoms with Crippen LogP contribution in [0.2, 0.25) is 0 Å². The standard InChI is InChI=1S/C38H48N6O12/c1-23(40-35(50)54-21-26-15-11-8-12-16-26)33(49)42(6)24(2)29(41-36(51)56-38(3,4)5)32(48)39-19-27-30(46)31(47)34(55-27)43-18-17-28(45)44(37(43)52)22-53-20-25-13-9-7-10-14-25/h7-19,23-24,29-31,34,46-47H,20-22H2,1-6H3,(H,39,48)(H,40,50)(H,41,51)/b27-19-/t23-,24-,29-,30+,31+,34+/m0/s1. The summed E-state index contributed by atoms with van der Waals surface area (Å²) in [5.74, 6) is -1.89. The highest BCUT2D eigenvalue weighted by atomic mass is 16.6. The molecule has 6 atom stereocenters. The van der Waals surface area contributed by atoms with E-state index in [-0.39, 0.29) is 19.0 Å². The molecule has 1 aliphatic rings. The van der Waals surface area contributed by atoms with E-state index in [0.717, 1.165) is 43.6 Å². The van der Waals surface area contributed by atoms with Gasteiger partial charge in [0.1, 0.15) is 49.0 Å². The molecule has 0 aliphatic carbocycles. The Morgan fingerprint density at radius 3 is 2.12 bits per heavy atom. The van der Waals surface area contributed by atoms with Crippen LogP contribution < -0.4 is 27.2 Å². The number of hydrogen-bond donors (Lipinski definition) is 5. The van der Waals surface area contributed by atoms with Crippen molar-refractivity contribution in [3.05, 3.63) is 117 Å². The lowest BCUT2D eigenvalue weighted by Crippen LogP contribution is -2.59. The first-order valence-electron chi connectivity index (χ1n) is 17.7. The van der Waals surface area contributed by atoms with Gasteiger partial charge in [-0.2, -0.15) is 0 Å². The summed E-state index contributed by atoms with van der Waals surface area (Å²) in [6, 6.07) is 15.4. The summed E-state index contributed by atoms with van der Waals surface area (Å²) in [6.45, 7) is 7.42. The van der Waals surface area contributed by atoms with Crippen molar-refractivity contribution in [2.24, 2.45) is 0 Å². The minimum Gasteiger partial charge on any atom is -0.467 e. The van der Waals surface area contributed by atoms with E-state index in [9.17, 15) is 39.0 Å². The number of rotatable bonds is 14. The molecular formula is C38H48N6O12. The quantitative estimate of drug-likeness (QED) is 0.157. The Balaban J connectivity index is 1.46. The zero-order valence-corrected chi connectivity index (χ0v) is 31.9. The number of amides is 4. The smallest absolute Gasteiger partial charge is 0.408 e. The highest BCUT2D eigenvalue weighted by Gasteiger charge is 2.42. The zero-order chi connectivity index (χ0) is 41.2. The normalized spacial score (nSPS) is 18.9. The van der Waals surface area contributed by atoms with Crippen molar-refractivity contribution in [2.45, 2.75) is 96.7 Å². The Morgan fingerprint density at radius 2 is 1.52 bits per heavy atom. The monoisotopic (exact) mass is 780 g/mol. The highest BCUT2D eigenvalue weighted by Crippen LogP contribution is 2.30. The molecule has 2 heterocycles. The molecule has 4 rings (SSSR count). The number of likely N-dealkylation sites (N-methyl/N-ethyl adjacent to an activating group) is 1. The summed E-state index contributed by atoms with van der Waals surface area (Å²) in [5, 5.41) is 29.0. The maximum Gasteiger partial charge on any atom is 0.408 e. The number of aliphatic hydroxyl groups is 2. The number of nitrogens with one attached hydrogen (secondary N) is 3. The van der Waals surface area contributed by atoms with Crippen LogP contribution in [0.15, 0.2) is 94.5 Å². The third-order valence-corrected chi connectivity index (χ3v) is 8.54. The van der Waals surface area contributed by atoms with Crippen LogP contribution in [-0.4, -0.2) is 91.2 Å². The second kappa shape index (κ2) is 19.1. The molecule has 1 aromatic heterocycles. The van der Waals surface area contributed by atoms with Crippen molar-refractivity contribution in [3.63, 3.8) is 0 Å². The van der Waals surface area contributed by atoms with E-state index in [0.29, 0.717) is 0 Å². The first-order chi connectivity index (χ1) is 26.5. The van der Waals surface area contributed by atoms with Gasteiger partial charge in [-0.05, 0) is 45.7 Å². The molecule has 18 heteroatoms. The second-order valence-corrected chi connectivity index (χ2v) is 14.0. The van der Waals surface area contributed by atoms with E-state index in [2.05, 4.69) is 16.0 Å². The Bertz CT molecular complexity index is 1980. The number of ether oxygens (including phenoxy) is 4. The Kier molecular flexibility index (Phi) is 14.5. The molecule has 0 spiro atoms. The summed E-state index contributed by atoms with van der Waals surface area (Å²) >= 11 is 0. The number of benzene rings is 2. The van der Waals surface area contributed by atoms with Crippen molar-refractivity contribution >= 4 is 24.0 Å². The number of carbonyl (C=O) groups is 4. The molecule has 2 aromatic carbocycles. The van der Waals surface area contributed by atoms with Crippen LogP contribution in [0.4, 0.5) is 9.59 Å². The number of carbonyl (C=O) groups excluding carboxylic acids is 4. The average Bonchev–Trinajstić information content (AvgIpc) is 3.44. The topological polar surface area (TPSA) is 229 Å². The van der Waals surface area contributed by atoms with Gasteiger partial charge in [-0.15, -0.1) is 0 Å². The Hall–Kier alpha value is -5.98. The fourth-order valence-electron chi connectivity index (χ4n) is 5.42. The molecule has 4 amide bonds. The van der Waals surface area contributed by atoms with Gasteiger partial charge in [0, 0.05) is 25.5 Å². The summed E-state index contributed by atoms with van der Waals surface area (Å²) in [5.41, 5.74) is -0.970. The maximum absolute atomic E-state index is 13.7. The van der Waals surface area contributed by atoms with Gasteiger partial charge < -0.3 is 50.0 Å². The molecule has 302 valence electrons. The van der Waals surface area contributed by atoms with Crippen molar-refractivity contribution < 1.29 is 48.3 Å². The lowest BCUT2D eigenvalue weighted by molar-refractivity contribution is -0.135. The molecule has 3 aromatic rings. The first-order valence-corrected chi connectivity index (χ1v) is 17.7. The molecule has 0 radical (unpaired) electrons. The van der Waals surface area contributed by atoms with Crippen LogP contribution in [-0.2, 0) is 48.5 Å². The summed E-state index contributed by atoms with van der Waals surface area (Å²) in [4.78, 5) is 79.3. The predicted octanol–water partition coefficient (Wildman–Crippen LogP) is 1.45. The summed E-state index contributed by atoms with van der Waals surface area (Å²) < 4.78 is 23.5. The predicted molar refractivity (Wildman–Crippen MR) is 199 cm³/mol. The lowest BCUT2D eigenvalue weighted by atomic mass is 10.1. The highest BCUT2D eigenvalue weighted by molar-refractivity contribution is 5.89. The van der Waals surface area contributed by atoms with Crippen molar-refractivity contribution in [2.75, 3.05) is 7.05 Å². The Labute approximate surface area is 322 Å². The minimum atomic E-state index is -1.74. The molecule has 5 N–H and O–H groups in total. The van der Waals surface area contributed by atoms with Crippen molar-refractivity contribution in [1.29, 1.82) is 0 Å². The van der Waals surface area contributed by atoms with Gasteiger partial charge in [-0.3, -0.25) is 19.0 Å². The number of aromatic nitrogens is 2. The fourth-order valence-corrected chi connectivity index (χ4v) is 5.42. The van der Waals surface area contributed by atoms with E-state index >= 15 is 0 Å². The van der Waals surface area contributed by atoms with Gasteiger partial charge in [-0.1, -0.05) is 60.7 Å². The lowest BCUT2D eigenvalue weighted by Gasteiger charge is -2.33. The molecule has 0 bridgehead atoms. The minimum absolute atomic E-state index is 0.0269. The number of aliphatic hydroxyl groups excluding tert-OH is 2. The SMILES string of the molecule is C[C@H](NC(=O)OCc1ccccc1)C(=O)N(C)[C@@H](C)[C@H](NC(=O)OC(C)(C)C)C(=O)N/C=C1\O[C@@H](n2ccc(=O)n(COCc3ccccc3)c2=O)[C@H](O)[C@@H]1O. The van der Waals surface area contributed by atoms with Crippen molar-refractivity contribution in [3.8, 4) is 0 Å². The van der Waals surface area contributed by atoms with Gasteiger partial charge in [0.15, 0.2) is 0 Å². The zero-order valence-electron chi connectivity index (χ0n) is 31.9. The van der Waals surface area contributed by atoms with Crippen LogP contribution in [0, 0.1) is 0 Å². The number of alkyl carbamates (subject to hydrolysis) is 2. The van der Waals surface area contributed by atoms with Crippen LogP contribution in [0.3, 0.4) is 0 Å². The van der Waals surface area contributed by atoms with Crippen LogP contribution in [0.25, 0.3) is 0 Å².